The van der Waals surface area contributed by atoms with Crippen molar-refractivity contribution in [3.63, 3.8) is 0 Å². The number of thiazole rings is 1. The van der Waals surface area contributed by atoms with Crippen LogP contribution in [0.15, 0.2) is 47.5 Å². The van der Waals surface area contributed by atoms with Crippen LogP contribution in [-0.4, -0.2) is 44.4 Å². The van der Waals surface area contributed by atoms with E-state index >= 15 is 0 Å². The Balaban J connectivity index is 1.69. The molecule has 3 aromatic heterocycles. The van der Waals surface area contributed by atoms with Crippen LogP contribution in [-0.2, 0) is 4.79 Å². The summed E-state index contributed by atoms with van der Waals surface area (Å²) in [6.45, 7) is -0.474. The maximum Gasteiger partial charge on any atom is 0.341 e. The van der Waals surface area contributed by atoms with Crippen LogP contribution >= 0.6 is 11.3 Å². The van der Waals surface area contributed by atoms with E-state index in [1.54, 1.807) is 48.8 Å². The molecule has 9 nitrogen and oxygen atoms in total. The average Bonchev–Trinajstić information content (AvgIpc) is 3.27. The molecule has 0 saturated heterocycles. The molecular formula is C19H14N4O5S. The van der Waals surface area contributed by atoms with Crippen molar-refractivity contribution in [3.8, 4) is 22.9 Å². The van der Waals surface area contributed by atoms with Gasteiger partial charge in [0.05, 0.1) is 11.6 Å². The van der Waals surface area contributed by atoms with Gasteiger partial charge in [-0.2, -0.15) is 9.50 Å². The molecule has 3 heterocycles. The van der Waals surface area contributed by atoms with Crippen LogP contribution in [0.4, 0.5) is 0 Å². The molecule has 0 aliphatic carbocycles. The Kier molecular flexibility index (Phi) is 4.92. The van der Waals surface area contributed by atoms with Crippen molar-refractivity contribution in [3.05, 3.63) is 63.2 Å². The fraction of sp³-hybridized carbons (Fsp3) is 0.105. The van der Waals surface area contributed by atoms with Gasteiger partial charge in [0, 0.05) is 18.0 Å². The predicted molar refractivity (Wildman–Crippen MR) is 105 cm³/mol. The zero-order chi connectivity index (χ0) is 20.4. The van der Waals surface area contributed by atoms with E-state index in [1.165, 1.54) is 23.0 Å². The second kappa shape index (κ2) is 7.68. The first-order valence-corrected chi connectivity index (χ1v) is 9.21. The van der Waals surface area contributed by atoms with E-state index in [0.717, 1.165) is 5.56 Å². The summed E-state index contributed by atoms with van der Waals surface area (Å²) in [7, 11) is 1.45. The third-order valence-corrected chi connectivity index (χ3v) is 4.92. The van der Waals surface area contributed by atoms with Gasteiger partial charge in [-0.1, -0.05) is 17.4 Å². The highest BCUT2D eigenvalue weighted by Gasteiger charge is 2.12. The SMILES string of the molecule is COc1cc(/C=c2\sc3nc(-c4ccncc4)nn3c2=O)ccc1OCC(=O)O. The van der Waals surface area contributed by atoms with Crippen LogP contribution in [0.25, 0.3) is 22.4 Å². The van der Waals surface area contributed by atoms with Gasteiger partial charge in [0.25, 0.3) is 5.56 Å². The molecule has 29 heavy (non-hydrogen) atoms. The molecule has 0 spiro atoms. The summed E-state index contributed by atoms with van der Waals surface area (Å²) >= 11 is 1.22. The number of hydrogen-bond acceptors (Lipinski definition) is 8. The number of aromatic nitrogens is 4. The van der Waals surface area contributed by atoms with Gasteiger partial charge in [-0.25, -0.2) is 4.79 Å². The predicted octanol–water partition coefficient (Wildman–Crippen LogP) is 1.23. The molecule has 146 valence electrons. The van der Waals surface area contributed by atoms with Crippen molar-refractivity contribution in [2.75, 3.05) is 13.7 Å². The normalized spacial score (nSPS) is 11.7. The van der Waals surface area contributed by atoms with E-state index in [1.807, 2.05) is 0 Å². The first kappa shape index (κ1) is 18.6. The lowest BCUT2D eigenvalue weighted by Gasteiger charge is -2.09. The quantitative estimate of drug-likeness (QED) is 0.505. The van der Waals surface area contributed by atoms with Crippen molar-refractivity contribution < 1.29 is 19.4 Å². The number of ether oxygens (including phenoxy) is 2. The van der Waals surface area contributed by atoms with Crippen molar-refractivity contribution >= 4 is 28.3 Å². The molecule has 10 heteroatoms. The maximum absolute atomic E-state index is 12.7. The van der Waals surface area contributed by atoms with Gasteiger partial charge in [-0.15, -0.1) is 5.10 Å². The fourth-order valence-corrected chi connectivity index (χ4v) is 3.55. The molecule has 0 saturated carbocycles. The van der Waals surface area contributed by atoms with E-state index in [-0.39, 0.29) is 5.56 Å². The van der Waals surface area contributed by atoms with Crippen LogP contribution in [0.1, 0.15) is 5.56 Å². The molecule has 0 unspecified atom stereocenters. The number of carboxylic acid groups (broad SMARTS) is 1. The zero-order valence-electron chi connectivity index (χ0n) is 15.1. The minimum atomic E-state index is -1.08. The smallest absolute Gasteiger partial charge is 0.341 e. The molecule has 0 aliphatic heterocycles. The number of fused-ring (bicyclic) bond motifs is 1. The van der Waals surface area contributed by atoms with Crippen LogP contribution in [0, 0.1) is 0 Å². The van der Waals surface area contributed by atoms with E-state index in [9.17, 15) is 9.59 Å². The molecule has 1 aromatic carbocycles. The van der Waals surface area contributed by atoms with Crippen molar-refractivity contribution in [1.29, 1.82) is 0 Å². The van der Waals surface area contributed by atoms with E-state index < -0.39 is 12.6 Å². The molecule has 4 aromatic rings. The number of methoxy groups -OCH3 is 1. The van der Waals surface area contributed by atoms with E-state index in [0.29, 0.717) is 32.4 Å². The second-order valence-electron chi connectivity index (χ2n) is 5.87. The number of benzene rings is 1. The van der Waals surface area contributed by atoms with Crippen LogP contribution in [0.5, 0.6) is 11.5 Å². The Bertz CT molecular complexity index is 1300. The molecule has 0 amide bonds. The van der Waals surface area contributed by atoms with Gasteiger partial charge in [-0.3, -0.25) is 9.78 Å². The largest absolute Gasteiger partial charge is 0.493 e. The average molecular weight is 410 g/mol. The highest BCUT2D eigenvalue weighted by Crippen LogP contribution is 2.28. The molecule has 0 bridgehead atoms. The third kappa shape index (κ3) is 3.78. The third-order valence-electron chi connectivity index (χ3n) is 3.96. The topological polar surface area (TPSA) is 116 Å². The number of carboxylic acids is 1. The Morgan fingerprint density at radius 2 is 2.03 bits per heavy atom. The summed E-state index contributed by atoms with van der Waals surface area (Å²) in [6.07, 6.45) is 4.97. The first-order chi connectivity index (χ1) is 14.0. The number of aliphatic carboxylic acids is 1. The first-order valence-electron chi connectivity index (χ1n) is 8.39. The van der Waals surface area contributed by atoms with Crippen molar-refractivity contribution in [2.45, 2.75) is 0 Å². The minimum Gasteiger partial charge on any atom is -0.493 e. The highest BCUT2D eigenvalue weighted by molar-refractivity contribution is 7.15. The number of hydrogen-bond donors (Lipinski definition) is 1. The number of rotatable bonds is 6. The van der Waals surface area contributed by atoms with Gasteiger partial charge in [0.2, 0.25) is 4.96 Å². The standard InChI is InChI=1S/C19H14N4O5S/c1-27-14-8-11(2-3-13(14)28-10-16(24)25)9-15-18(26)23-19(29-15)21-17(22-23)12-4-6-20-7-5-12/h2-9H,10H2,1H3,(H,24,25)/b15-9-. The molecule has 4 rings (SSSR count). The number of nitrogens with zero attached hydrogens (tertiary/aromatic N) is 4. The molecule has 0 fully saturated rings. The van der Waals surface area contributed by atoms with Gasteiger partial charge in [0.1, 0.15) is 0 Å². The Labute approximate surface area is 167 Å². The van der Waals surface area contributed by atoms with Gasteiger partial charge in [-0.05, 0) is 35.9 Å². The maximum atomic E-state index is 12.7. The van der Waals surface area contributed by atoms with Crippen molar-refractivity contribution in [1.82, 2.24) is 19.6 Å². The lowest BCUT2D eigenvalue weighted by atomic mass is 10.2. The molecular weight excluding hydrogens is 396 g/mol. The summed E-state index contributed by atoms with van der Waals surface area (Å²) in [5, 5.41) is 13.0. The van der Waals surface area contributed by atoms with Gasteiger partial charge in [0.15, 0.2) is 23.9 Å². The Morgan fingerprint density at radius 1 is 1.24 bits per heavy atom. The Hall–Kier alpha value is -3.79. The summed E-state index contributed by atoms with van der Waals surface area (Å²) in [5.74, 6) is 0.0501. The lowest BCUT2D eigenvalue weighted by molar-refractivity contribution is -0.139. The number of carbonyl (C=O) groups is 1. The highest BCUT2D eigenvalue weighted by atomic mass is 32.1. The van der Waals surface area contributed by atoms with Crippen molar-refractivity contribution in [2.24, 2.45) is 0 Å². The summed E-state index contributed by atoms with van der Waals surface area (Å²) in [6, 6.07) is 8.51. The second-order valence-corrected chi connectivity index (χ2v) is 6.88. The zero-order valence-corrected chi connectivity index (χ0v) is 15.9. The van der Waals surface area contributed by atoms with E-state index in [4.69, 9.17) is 14.6 Å². The van der Waals surface area contributed by atoms with Crippen LogP contribution < -0.4 is 19.6 Å². The monoisotopic (exact) mass is 410 g/mol. The summed E-state index contributed by atoms with van der Waals surface area (Å²) < 4.78 is 12.2. The summed E-state index contributed by atoms with van der Waals surface area (Å²) in [5.41, 5.74) is 1.20. The van der Waals surface area contributed by atoms with Crippen LogP contribution in [0.2, 0.25) is 0 Å². The fourth-order valence-electron chi connectivity index (χ4n) is 2.64. The molecule has 0 aliphatic rings. The van der Waals surface area contributed by atoms with E-state index in [2.05, 4.69) is 15.1 Å². The lowest BCUT2D eigenvalue weighted by Crippen LogP contribution is -2.23. The molecule has 0 radical (unpaired) electrons. The molecule has 0 atom stereocenters. The Morgan fingerprint density at radius 3 is 2.72 bits per heavy atom. The number of pyridine rings is 1. The van der Waals surface area contributed by atoms with Gasteiger partial charge >= 0.3 is 5.97 Å². The van der Waals surface area contributed by atoms with Gasteiger partial charge < -0.3 is 14.6 Å². The summed E-state index contributed by atoms with van der Waals surface area (Å²) in [4.78, 5) is 32.2. The van der Waals surface area contributed by atoms with Crippen LogP contribution in [0.3, 0.4) is 0 Å². The molecule has 1 N–H and O–H groups in total. The minimum absolute atomic E-state index is 0.275.